The number of phenolic OH excluding ortho intramolecular Hbond substituents is 1. The first-order chi connectivity index (χ1) is 7.81. The molecule has 0 radical (unpaired) electrons. The highest BCUT2D eigenvalue weighted by Crippen LogP contribution is 2.31. The Morgan fingerprint density at radius 3 is 3.19 bits per heavy atom. The van der Waals surface area contributed by atoms with Gasteiger partial charge in [0.05, 0.1) is 6.07 Å². The van der Waals surface area contributed by atoms with Gasteiger partial charge < -0.3 is 10.4 Å². The van der Waals surface area contributed by atoms with Crippen molar-refractivity contribution >= 4 is 0 Å². The summed E-state index contributed by atoms with van der Waals surface area (Å²) in [7, 11) is 0. The van der Waals surface area contributed by atoms with E-state index in [4.69, 9.17) is 5.26 Å². The van der Waals surface area contributed by atoms with E-state index >= 15 is 0 Å². The summed E-state index contributed by atoms with van der Waals surface area (Å²) in [6.45, 7) is 0.738. The molecule has 2 N–H and O–H groups in total. The third kappa shape index (κ3) is 2.34. The van der Waals surface area contributed by atoms with Gasteiger partial charge in [0, 0.05) is 19.0 Å². The molecule has 1 unspecified atom stereocenters. The van der Waals surface area contributed by atoms with Crippen LogP contribution in [0.3, 0.4) is 0 Å². The van der Waals surface area contributed by atoms with Crippen molar-refractivity contribution in [1.82, 2.24) is 5.32 Å². The molecule has 0 heterocycles. The Hall–Kier alpha value is -1.53. The van der Waals surface area contributed by atoms with E-state index in [2.05, 4.69) is 11.4 Å². The van der Waals surface area contributed by atoms with Crippen LogP contribution in [0.5, 0.6) is 5.75 Å². The normalized spacial score (nSPS) is 18.8. The van der Waals surface area contributed by atoms with Crippen molar-refractivity contribution in [3.63, 3.8) is 0 Å². The minimum Gasteiger partial charge on any atom is -0.508 e. The zero-order chi connectivity index (χ0) is 11.4. The molecule has 0 amide bonds. The van der Waals surface area contributed by atoms with Gasteiger partial charge >= 0.3 is 0 Å². The SMILES string of the molecule is N#CCCNC1CCCc2cc(O)ccc21. The lowest BCUT2D eigenvalue weighted by atomic mass is 9.87. The van der Waals surface area contributed by atoms with Crippen LogP contribution in [0.1, 0.15) is 36.4 Å². The Balaban J connectivity index is 2.11. The van der Waals surface area contributed by atoms with Crippen molar-refractivity contribution in [1.29, 1.82) is 5.26 Å². The minimum atomic E-state index is 0.344. The second kappa shape index (κ2) is 5.00. The van der Waals surface area contributed by atoms with Gasteiger partial charge in [-0.2, -0.15) is 5.26 Å². The number of fused-ring (bicyclic) bond motifs is 1. The molecule has 1 aliphatic rings. The summed E-state index contributed by atoms with van der Waals surface area (Å²) >= 11 is 0. The van der Waals surface area contributed by atoms with Crippen molar-refractivity contribution in [3.8, 4) is 11.8 Å². The lowest BCUT2D eigenvalue weighted by Gasteiger charge is -2.26. The number of phenols is 1. The number of hydrogen-bond acceptors (Lipinski definition) is 3. The molecule has 1 aromatic carbocycles. The zero-order valence-electron chi connectivity index (χ0n) is 9.24. The molecule has 0 bridgehead atoms. The minimum absolute atomic E-state index is 0.344. The van der Waals surface area contributed by atoms with Gasteiger partial charge in [-0.05, 0) is 42.5 Å². The summed E-state index contributed by atoms with van der Waals surface area (Å²) in [5.41, 5.74) is 2.52. The molecule has 0 aliphatic heterocycles. The van der Waals surface area contributed by atoms with E-state index in [1.54, 1.807) is 6.07 Å². The van der Waals surface area contributed by atoms with Crippen LogP contribution in [-0.2, 0) is 6.42 Å². The van der Waals surface area contributed by atoms with Crippen molar-refractivity contribution in [2.24, 2.45) is 0 Å². The van der Waals surface area contributed by atoms with Crippen molar-refractivity contribution in [2.45, 2.75) is 31.7 Å². The van der Waals surface area contributed by atoms with Crippen LogP contribution < -0.4 is 5.32 Å². The van der Waals surface area contributed by atoms with E-state index in [0.29, 0.717) is 18.2 Å². The number of aromatic hydroxyl groups is 1. The van der Waals surface area contributed by atoms with E-state index in [9.17, 15) is 5.11 Å². The van der Waals surface area contributed by atoms with Crippen LogP contribution in [-0.4, -0.2) is 11.7 Å². The van der Waals surface area contributed by atoms with E-state index in [0.717, 1.165) is 25.8 Å². The summed E-state index contributed by atoms with van der Waals surface area (Å²) in [6.07, 6.45) is 3.84. The van der Waals surface area contributed by atoms with E-state index in [-0.39, 0.29) is 0 Å². The Kier molecular flexibility index (Phi) is 3.43. The summed E-state index contributed by atoms with van der Waals surface area (Å²) in [5.74, 6) is 0.344. The molecule has 0 spiro atoms. The highest BCUT2D eigenvalue weighted by Gasteiger charge is 2.19. The summed E-state index contributed by atoms with van der Waals surface area (Å²) in [5, 5.41) is 21.3. The quantitative estimate of drug-likeness (QED) is 0.762. The van der Waals surface area contributed by atoms with Gasteiger partial charge in [0.25, 0.3) is 0 Å². The van der Waals surface area contributed by atoms with Gasteiger partial charge in [-0.1, -0.05) is 6.07 Å². The average molecular weight is 216 g/mol. The summed E-state index contributed by atoms with van der Waals surface area (Å²) < 4.78 is 0. The number of rotatable bonds is 3. The number of nitriles is 1. The van der Waals surface area contributed by atoms with Gasteiger partial charge in [-0.15, -0.1) is 0 Å². The highest BCUT2D eigenvalue weighted by molar-refractivity contribution is 5.38. The number of nitrogens with zero attached hydrogens (tertiary/aromatic N) is 1. The smallest absolute Gasteiger partial charge is 0.115 e. The lowest BCUT2D eigenvalue weighted by molar-refractivity contribution is 0.453. The molecule has 1 aromatic rings. The first kappa shape index (κ1) is 11.0. The first-order valence-corrected chi connectivity index (χ1v) is 5.73. The van der Waals surface area contributed by atoms with Gasteiger partial charge in [0.2, 0.25) is 0 Å². The third-order valence-corrected chi connectivity index (χ3v) is 3.07. The monoisotopic (exact) mass is 216 g/mol. The number of hydrogen-bond donors (Lipinski definition) is 2. The third-order valence-electron chi connectivity index (χ3n) is 3.07. The van der Waals surface area contributed by atoms with Crippen LogP contribution in [0, 0.1) is 11.3 Å². The van der Waals surface area contributed by atoms with Crippen LogP contribution in [0.2, 0.25) is 0 Å². The second-order valence-electron chi connectivity index (χ2n) is 4.19. The lowest BCUT2D eigenvalue weighted by Crippen LogP contribution is -2.25. The van der Waals surface area contributed by atoms with Crippen molar-refractivity contribution in [3.05, 3.63) is 29.3 Å². The number of aryl methyl sites for hydroxylation is 1. The Bertz CT molecular complexity index is 409. The highest BCUT2D eigenvalue weighted by atomic mass is 16.3. The van der Waals surface area contributed by atoms with Crippen LogP contribution in [0.15, 0.2) is 18.2 Å². The zero-order valence-corrected chi connectivity index (χ0v) is 9.24. The second-order valence-corrected chi connectivity index (χ2v) is 4.19. The molecular formula is C13H16N2O. The Labute approximate surface area is 95.7 Å². The molecule has 0 saturated carbocycles. The fraction of sp³-hybridized carbons (Fsp3) is 0.462. The molecule has 0 aromatic heterocycles. The maximum Gasteiger partial charge on any atom is 0.115 e. The number of nitrogens with one attached hydrogen (secondary N) is 1. The standard InChI is InChI=1S/C13H16N2O/c14-7-2-8-15-13-4-1-3-10-9-11(16)5-6-12(10)13/h5-6,9,13,15-16H,1-4,8H2. The van der Waals surface area contributed by atoms with Gasteiger partial charge in [-0.3, -0.25) is 0 Å². The van der Waals surface area contributed by atoms with Crippen molar-refractivity contribution in [2.75, 3.05) is 6.54 Å². The largest absolute Gasteiger partial charge is 0.508 e. The molecule has 0 saturated heterocycles. The average Bonchev–Trinajstić information content (AvgIpc) is 2.29. The van der Waals surface area contributed by atoms with E-state index < -0.39 is 0 Å². The Morgan fingerprint density at radius 1 is 1.50 bits per heavy atom. The molecule has 84 valence electrons. The number of benzene rings is 1. The fourth-order valence-corrected chi connectivity index (χ4v) is 2.32. The van der Waals surface area contributed by atoms with Crippen LogP contribution in [0.25, 0.3) is 0 Å². The molecule has 1 atom stereocenters. The van der Waals surface area contributed by atoms with Gasteiger partial charge in [0.15, 0.2) is 0 Å². The predicted octanol–water partition coefficient (Wildman–Crippen LogP) is 2.27. The Morgan fingerprint density at radius 2 is 2.38 bits per heavy atom. The summed E-state index contributed by atoms with van der Waals surface area (Å²) in [6, 6.07) is 8.07. The summed E-state index contributed by atoms with van der Waals surface area (Å²) in [4.78, 5) is 0. The van der Waals surface area contributed by atoms with Gasteiger partial charge in [0.1, 0.15) is 5.75 Å². The molecular weight excluding hydrogens is 200 g/mol. The van der Waals surface area contributed by atoms with Gasteiger partial charge in [-0.25, -0.2) is 0 Å². The molecule has 3 nitrogen and oxygen atoms in total. The molecule has 16 heavy (non-hydrogen) atoms. The van der Waals surface area contributed by atoms with E-state index in [1.807, 2.05) is 12.1 Å². The molecule has 1 aliphatic carbocycles. The fourth-order valence-electron chi connectivity index (χ4n) is 2.32. The van der Waals surface area contributed by atoms with Crippen molar-refractivity contribution < 1.29 is 5.11 Å². The topological polar surface area (TPSA) is 56.0 Å². The van der Waals surface area contributed by atoms with Crippen LogP contribution in [0.4, 0.5) is 0 Å². The molecule has 2 rings (SSSR count). The molecule has 0 fully saturated rings. The molecule has 3 heteroatoms. The van der Waals surface area contributed by atoms with E-state index in [1.165, 1.54) is 11.1 Å². The maximum atomic E-state index is 9.43. The maximum absolute atomic E-state index is 9.43. The van der Waals surface area contributed by atoms with Crippen LogP contribution >= 0.6 is 0 Å². The first-order valence-electron chi connectivity index (χ1n) is 5.73. The predicted molar refractivity (Wildman–Crippen MR) is 62.0 cm³/mol.